The van der Waals surface area contributed by atoms with Gasteiger partial charge in [0, 0.05) is 23.0 Å². The molecule has 36 heavy (non-hydrogen) atoms. The second-order valence-electron chi connectivity index (χ2n) is 7.27. The number of oxime groups is 1. The van der Waals surface area contributed by atoms with Crippen molar-refractivity contribution in [2.75, 3.05) is 23.8 Å². The SMILES string of the molecule is NCCSc1cncc(SC2=C(C(=O)O)N3C(=O)C(NC(=O)/C(=N\O)c4cccc(N)n4)C3SC2)n1. The van der Waals surface area contributed by atoms with Crippen molar-refractivity contribution in [2.24, 2.45) is 10.9 Å². The minimum Gasteiger partial charge on any atom is -0.477 e. The number of hydrogen-bond donors (Lipinski definition) is 5. The minimum atomic E-state index is -1.27. The van der Waals surface area contributed by atoms with Gasteiger partial charge < -0.3 is 27.1 Å². The summed E-state index contributed by atoms with van der Waals surface area (Å²) in [6.45, 7) is 0.479. The summed E-state index contributed by atoms with van der Waals surface area (Å²) in [7, 11) is 0. The first-order valence-corrected chi connectivity index (χ1v) is 13.2. The third-order valence-corrected chi connectivity index (χ3v) is 8.32. The molecule has 2 unspecified atom stereocenters. The number of rotatable bonds is 9. The zero-order valence-electron chi connectivity index (χ0n) is 18.4. The first-order valence-electron chi connectivity index (χ1n) is 10.3. The van der Waals surface area contributed by atoms with Crippen molar-refractivity contribution < 1.29 is 24.7 Å². The zero-order valence-corrected chi connectivity index (χ0v) is 20.8. The average molecular weight is 549 g/mol. The van der Waals surface area contributed by atoms with Crippen molar-refractivity contribution in [1.82, 2.24) is 25.2 Å². The molecule has 2 aliphatic heterocycles. The summed E-state index contributed by atoms with van der Waals surface area (Å²) in [6, 6.07) is 3.44. The van der Waals surface area contributed by atoms with Crippen molar-refractivity contribution in [3.05, 3.63) is 46.9 Å². The largest absolute Gasteiger partial charge is 0.477 e. The lowest BCUT2D eigenvalue weighted by molar-refractivity contribution is -0.150. The molecule has 2 aromatic rings. The summed E-state index contributed by atoms with van der Waals surface area (Å²) < 4.78 is 0. The highest BCUT2D eigenvalue weighted by molar-refractivity contribution is 8.06. The molecular formula is C20H20N8O5S3. The summed E-state index contributed by atoms with van der Waals surface area (Å²) in [5.41, 5.74) is 10.6. The Hall–Kier alpha value is -3.34. The monoisotopic (exact) mass is 548 g/mol. The van der Waals surface area contributed by atoms with Crippen molar-refractivity contribution in [2.45, 2.75) is 21.5 Å². The van der Waals surface area contributed by atoms with E-state index in [0.29, 0.717) is 27.3 Å². The van der Waals surface area contributed by atoms with Gasteiger partial charge in [-0.15, -0.1) is 23.5 Å². The Morgan fingerprint density at radius 1 is 1.28 bits per heavy atom. The molecule has 2 aliphatic rings. The molecule has 0 radical (unpaired) electrons. The molecule has 2 aromatic heterocycles. The van der Waals surface area contributed by atoms with Gasteiger partial charge in [-0.1, -0.05) is 23.0 Å². The molecule has 4 rings (SSSR count). The van der Waals surface area contributed by atoms with E-state index < -0.39 is 34.9 Å². The van der Waals surface area contributed by atoms with Crippen molar-refractivity contribution >= 4 is 64.6 Å². The Morgan fingerprint density at radius 3 is 2.75 bits per heavy atom. The van der Waals surface area contributed by atoms with Crippen molar-refractivity contribution in [3.63, 3.8) is 0 Å². The fraction of sp³-hybridized carbons (Fsp3) is 0.250. The number of thioether (sulfide) groups is 3. The summed E-state index contributed by atoms with van der Waals surface area (Å²) in [6.07, 6.45) is 3.11. The Labute approximate surface area is 217 Å². The molecule has 2 atom stereocenters. The fourth-order valence-corrected chi connectivity index (χ4v) is 6.52. The van der Waals surface area contributed by atoms with Gasteiger partial charge in [-0.2, -0.15) is 0 Å². The van der Waals surface area contributed by atoms with Crippen LogP contribution in [-0.2, 0) is 14.4 Å². The van der Waals surface area contributed by atoms with Gasteiger partial charge >= 0.3 is 5.97 Å². The van der Waals surface area contributed by atoms with E-state index in [0.717, 1.165) is 16.7 Å². The van der Waals surface area contributed by atoms with Crippen LogP contribution in [0.2, 0.25) is 0 Å². The van der Waals surface area contributed by atoms with E-state index in [1.165, 1.54) is 47.9 Å². The minimum absolute atomic E-state index is 0.0210. The van der Waals surface area contributed by atoms with Crippen LogP contribution in [0, 0.1) is 0 Å². The van der Waals surface area contributed by atoms with Gasteiger partial charge in [-0.05, 0) is 12.1 Å². The number of nitrogens with two attached hydrogens (primary N) is 2. The highest BCUT2D eigenvalue weighted by Crippen LogP contribution is 2.44. The molecule has 0 spiro atoms. The number of nitrogens with zero attached hydrogens (tertiary/aromatic N) is 5. The van der Waals surface area contributed by atoms with E-state index in [9.17, 15) is 24.7 Å². The van der Waals surface area contributed by atoms with E-state index in [4.69, 9.17) is 11.5 Å². The lowest BCUT2D eigenvalue weighted by Gasteiger charge is -2.49. The molecule has 16 heteroatoms. The number of carboxylic acid groups (broad SMARTS) is 1. The fourth-order valence-electron chi connectivity index (χ4n) is 3.41. The number of amides is 2. The Balaban J connectivity index is 1.51. The van der Waals surface area contributed by atoms with Gasteiger partial charge in [-0.3, -0.25) is 19.5 Å². The van der Waals surface area contributed by atoms with Crippen LogP contribution in [0.4, 0.5) is 5.82 Å². The van der Waals surface area contributed by atoms with Crippen molar-refractivity contribution in [1.29, 1.82) is 0 Å². The summed E-state index contributed by atoms with van der Waals surface area (Å²) in [4.78, 5) is 51.9. The average Bonchev–Trinajstić information content (AvgIpc) is 2.86. The number of carbonyl (C=O) groups is 3. The molecule has 4 heterocycles. The Kier molecular flexibility index (Phi) is 7.97. The van der Waals surface area contributed by atoms with E-state index in [1.54, 1.807) is 6.20 Å². The van der Waals surface area contributed by atoms with Crippen LogP contribution in [0.5, 0.6) is 0 Å². The highest BCUT2D eigenvalue weighted by atomic mass is 32.2. The van der Waals surface area contributed by atoms with Crippen LogP contribution in [-0.4, -0.2) is 83.1 Å². The quantitative estimate of drug-likeness (QED) is 0.0931. The lowest BCUT2D eigenvalue weighted by atomic mass is 10.0. The highest BCUT2D eigenvalue weighted by Gasteiger charge is 2.54. The first kappa shape index (κ1) is 25.7. The number of nitrogen functional groups attached to an aromatic ring is 1. The van der Waals surface area contributed by atoms with Gasteiger partial charge in [0.05, 0.1) is 12.4 Å². The Bertz CT molecular complexity index is 1270. The van der Waals surface area contributed by atoms with E-state index >= 15 is 0 Å². The van der Waals surface area contributed by atoms with Crippen LogP contribution in [0.25, 0.3) is 0 Å². The second-order valence-corrected chi connectivity index (χ2v) is 10.6. The van der Waals surface area contributed by atoms with Crippen molar-refractivity contribution in [3.8, 4) is 0 Å². The van der Waals surface area contributed by atoms with Gasteiger partial charge in [0.15, 0.2) is 5.71 Å². The molecule has 0 saturated carbocycles. The second kappa shape index (κ2) is 11.2. The number of carboxylic acids is 1. The van der Waals surface area contributed by atoms with Crippen LogP contribution in [0.3, 0.4) is 0 Å². The third kappa shape index (κ3) is 5.25. The number of anilines is 1. The molecule has 0 aliphatic carbocycles. The van der Waals surface area contributed by atoms with Crippen LogP contribution >= 0.6 is 35.3 Å². The number of fused-ring (bicyclic) bond motifs is 1. The van der Waals surface area contributed by atoms with Crippen LogP contribution < -0.4 is 16.8 Å². The van der Waals surface area contributed by atoms with Gasteiger partial charge in [0.2, 0.25) is 0 Å². The number of hydrogen-bond acceptors (Lipinski definition) is 13. The van der Waals surface area contributed by atoms with E-state index in [1.807, 2.05) is 0 Å². The summed E-state index contributed by atoms with van der Waals surface area (Å²) >= 11 is 3.84. The van der Waals surface area contributed by atoms with Gasteiger partial charge in [-0.25, -0.2) is 14.8 Å². The molecule has 0 bridgehead atoms. The molecule has 7 N–H and O–H groups in total. The maximum absolute atomic E-state index is 12.9. The van der Waals surface area contributed by atoms with Gasteiger partial charge in [0.1, 0.15) is 38.7 Å². The number of aromatic nitrogens is 3. The smallest absolute Gasteiger partial charge is 0.353 e. The number of pyridine rings is 1. The number of carbonyl (C=O) groups excluding carboxylic acids is 2. The molecule has 1 saturated heterocycles. The normalized spacial score (nSPS) is 19.5. The number of aliphatic carboxylic acids is 1. The summed E-state index contributed by atoms with van der Waals surface area (Å²) in [5.74, 6) is -1.68. The van der Waals surface area contributed by atoms with Crippen LogP contribution in [0.15, 0.2) is 56.4 Å². The maximum atomic E-state index is 12.9. The van der Waals surface area contributed by atoms with Crippen LogP contribution in [0.1, 0.15) is 5.69 Å². The Morgan fingerprint density at radius 2 is 2.06 bits per heavy atom. The van der Waals surface area contributed by atoms with Gasteiger partial charge in [0.25, 0.3) is 11.8 Å². The topological polar surface area (TPSA) is 210 Å². The molecule has 0 aromatic carbocycles. The first-order chi connectivity index (χ1) is 17.3. The molecule has 2 amide bonds. The maximum Gasteiger partial charge on any atom is 0.353 e. The lowest BCUT2D eigenvalue weighted by Crippen LogP contribution is -2.71. The molecule has 188 valence electrons. The molecule has 1 fully saturated rings. The standard InChI is InChI=1S/C20H20N8O5S3/c21-4-5-34-12-6-23-7-13(25-12)36-10-8-35-19-15(18(30)28(19)16(10)20(31)32)26-17(29)14(27-33)9-2-1-3-11(22)24-9/h1-3,6-7,15,19,33H,4-5,8,21H2,(H2,22,24)(H,26,29)(H,31,32)/b27-14-. The molecular weight excluding hydrogens is 528 g/mol. The zero-order chi connectivity index (χ0) is 25.8. The summed E-state index contributed by atoms with van der Waals surface area (Å²) in [5, 5.41) is 25.2. The van der Waals surface area contributed by atoms with E-state index in [2.05, 4.69) is 25.4 Å². The predicted octanol–water partition coefficient (Wildman–Crippen LogP) is 0.171. The number of β-lactam (4-membered cyclic amide) rings is 1. The predicted molar refractivity (Wildman–Crippen MR) is 134 cm³/mol. The number of nitrogens with one attached hydrogen (secondary N) is 1. The van der Waals surface area contributed by atoms with E-state index in [-0.39, 0.29) is 23.0 Å². The molecule has 13 nitrogen and oxygen atoms in total. The third-order valence-electron chi connectivity index (χ3n) is 4.94.